The Balaban J connectivity index is 4.05. The van der Waals surface area contributed by atoms with Gasteiger partial charge in [-0.3, -0.25) is 10.2 Å². The highest BCUT2D eigenvalue weighted by atomic mass is 15.2. The molecule has 0 aliphatic carbocycles. The minimum Gasteiger partial charge on any atom is -0.308 e. The number of likely N-dealkylation sites (N-methyl/N-ethyl adjacent to an activating group) is 2. The van der Waals surface area contributed by atoms with Crippen LogP contribution in [0.25, 0.3) is 0 Å². The molecule has 0 aromatic rings. The Hall–Kier alpha value is -0.630. The summed E-state index contributed by atoms with van der Waals surface area (Å²) >= 11 is 0. The number of hydrogen-bond donors (Lipinski definition) is 1. The molecule has 118 valence electrons. The van der Waals surface area contributed by atoms with Gasteiger partial charge in [0.15, 0.2) is 0 Å². The van der Waals surface area contributed by atoms with E-state index in [2.05, 4.69) is 56.1 Å². The molecule has 0 heterocycles. The molecule has 20 heavy (non-hydrogen) atoms. The molecule has 0 aromatic carbocycles. The van der Waals surface area contributed by atoms with Crippen LogP contribution in [0.4, 0.5) is 0 Å². The van der Waals surface area contributed by atoms with Crippen molar-refractivity contribution in [1.29, 1.82) is 5.26 Å². The third-order valence-corrected chi connectivity index (χ3v) is 3.84. The summed E-state index contributed by atoms with van der Waals surface area (Å²) in [6.07, 6.45) is 3.19. The van der Waals surface area contributed by atoms with Crippen LogP contribution in [0, 0.1) is 11.3 Å². The van der Waals surface area contributed by atoms with Crippen molar-refractivity contribution in [3.8, 4) is 6.07 Å². The van der Waals surface area contributed by atoms with Gasteiger partial charge in [0.1, 0.15) is 5.54 Å². The predicted molar refractivity (Wildman–Crippen MR) is 86.8 cm³/mol. The standard InChI is InChI=1S/C16H34N4/c1-7-18-16(4,14-17)11-9-10-12-20(8-2)15(3)13-19(5)6/h15,18H,7-13H2,1-6H3. The zero-order valence-electron chi connectivity index (χ0n) is 14.4. The predicted octanol–water partition coefficient (Wildman–Crippen LogP) is 2.32. The van der Waals surface area contributed by atoms with Gasteiger partial charge in [-0.05, 0) is 66.8 Å². The van der Waals surface area contributed by atoms with Gasteiger partial charge < -0.3 is 4.90 Å². The first-order chi connectivity index (χ1) is 9.38. The fraction of sp³-hybridized carbons (Fsp3) is 0.938. The quantitative estimate of drug-likeness (QED) is 0.591. The van der Waals surface area contributed by atoms with Crippen LogP contribution in [-0.2, 0) is 0 Å². The van der Waals surface area contributed by atoms with Crippen LogP contribution in [0.2, 0.25) is 0 Å². The molecule has 4 nitrogen and oxygen atoms in total. The van der Waals surface area contributed by atoms with Crippen LogP contribution in [0.3, 0.4) is 0 Å². The van der Waals surface area contributed by atoms with Crippen molar-refractivity contribution in [3.05, 3.63) is 0 Å². The molecule has 2 atom stereocenters. The Labute approximate surface area is 126 Å². The summed E-state index contributed by atoms with van der Waals surface area (Å²) < 4.78 is 0. The number of rotatable bonds is 11. The summed E-state index contributed by atoms with van der Waals surface area (Å²) in [7, 11) is 4.25. The Kier molecular flexibility index (Phi) is 9.83. The molecule has 0 rings (SSSR count). The Morgan fingerprint density at radius 3 is 2.35 bits per heavy atom. The van der Waals surface area contributed by atoms with Gasteiger partial charge in [-0.2, -0.15) is 5.26 Å². The van der Waals surface area contributed by atoms with E-state index in [0.717, 1.165) is 45.4 Å². The van der Waals surface area contributed by atoms with E-state index in [1.54, 1.807) is 0 Å². The summed E-state index contributed by atoms with van der Waals surface area (Å²) in [4.78, 5) is 4.77. The second-order valence-corrected chi connectivity index (χ2v) is 6.17. The van der Waals surface area contributed by atoms with Gasteiger partial charge in [0.05, 0.1) is 6.07 Å². The molecule has 0 bridgehead atoms. The van der Waals surface area contributed by atoms with Gasteiger partial charge in [0.25, 0.3) is 0 Å². The van der Waals surface area contributed by atoms with Crippen molar-refractivity contribution in [3.63, 3.8) is 0 Å². The first-order valence-electron chi connectivity index (χ1n) is 7.93. The molecule has 0 radical (unpaired) electrons. The zero-order chi connectivity index (χ0) is 15.6. The molecule has 0 aliphatic heterocycles. The van der Waals surface area contributed by atoms with Crippen molar-refractivity contribution >= 4 is 0 Å². The molecular formula is C16H34N4. The van der Waals surface area contributed by atoms with Crippen molar-refractivity contribution in [1.82, 2.24) is 15.1 Å². The van der Waals surface area contributed by atoms with Crippen molar-refractivity contribution < 1.29 is 0 Å². The van der Waals surface area contributed by atoms with E-state index in [-0.39, 0.29) is 5.54 Å². The molecule has 0 spiro atoms. The van der Waals surface area contributed by atoms with Crippen LogP contribution in [0.5, 0.6) is 0 Å². The van der Waals surface area contributed by atoms with Gasteiger partial charge in [0.2, 0.25) is 0 Å². The van der Waals surface area contributed by atoms with E-state index in [4.69, 9.17) is 0 Å². The average molecular weight is 282 g/mol. The van der Waals surface area contributed by atoms with Crippen molar-refractivity contribution in [2.75, 3.05) is 40.3 Å². The minimum absolute atomic E-state index is 0.360. The summed E-state index contributed by atoms with van der Waals surface area (Å²) in [6.45, 7) is 12.7. The fourth-order valence-corrected chi connectivity index (χ4v) is 2.70. The highest BCUT2D eigenvalue weighted by molar-refractivity contribution is 5.03. The van der Waals surface area contributed by atoms with Crippen LogP contribution in [0.1, 0.15) is 47.0 Å². The molecule has 0 aliphatic rings. The maximum Gasteiger partial charge on any atom is 0.103 e. The largest absolute Gasteiger partial charge is 0.308 e. The molecule has 0 amide bonds. The van der Waals surface area contributed by atoms with Gasteiger partial charge in [-0.1, -0.05) is 13.8 Å². The van der Waals surface area contributed by atoms with Crippen LogP contribution < -0.4 is 5.32 Å². The zero-order valence-corrected chi connectivity index (χ0v) is 14.4. The molecule has 0 aromatic heterocycles. The Morgan fingerprint density at radius 1 is 1.25 bits per heavy atom. The lowest BCUT2D eigenvalue weighted by atomic mass is 9.96. The third kappa shape index (κ3) is 7.84. The van der Waals surface area contributed by atoms with E-state index < -0.39 is 0 Å². The summed E-state index contributed by atoms with van der Waals surface area (Å²) in [6, 6.07) is 2.99. The first-order valence-corrected chi connectivity index (χ1v) is 7.93. The number of unbranched alkanes of at least 4 members (excludes halogenated alkanes) is 1. The topological polar surface area (TPSA) is 42.3 Å². The van der Waals surface area contributed by atoms with E-state index in [9.17, 15) is 5.26 Å². The van der Waals surface area contributed by atoms with Crippen molar-refractivity contribution in [2.24, 2.45) is 0 Å². The van der Waals surface area contributed by atoms with E-state index in [1.807, 2.05) is 6.92 Å². The van der Waals surface area contributed by atoms with E-state index in [1.165, 1.54) is 0 Å². The molecule has 4 heteroatoms. The Morgan fingerprint density at radius 2 is 1.90 bits per heavy atom. The third-order valence-electron chi connectivity index (χ3n) is 3.84. The highest BCUT2D eigenvalue weighted by Crippen LogP contribution is 2.13. The van der Waals surface area contributed by atoms with Crippen molar-refractivity contribution in [2.45, 2.75) is 58.5 Å². The lowest BCUT2D eigenvalue weighted by molar-refractivity contribution is 0.177. The average Bonchev–Trinajstić information content (AvgIpc) is 2.38. The Bertz CT molecular complexity index is 285. The second-order valence-electron chi connectivity index (χ2n) is 6.17. The van der Waals surface area contributed by atoms with Gasteiger partial charge in [0, 0.05) is 12.6 Å². The van der Waals surface area contributed by atoms with Crippen LogP contribution in [0.15, 0.2) is 0 Å². The molecule has 0 saturated heterocycles. The van der Waals surface area contributed by atoms with Gasteiger partial charge in [-0.25, -0.2) is 0 Å². The number of nitrogens with one attached hydrogen (secondary N) is 1. The molecule has 2 unspecified atom stereocenters. The van der Waals surface area contributed by atoms with Crippen LogP contribution in [-0.4, -0.2) is 61.7 Å². The normalized spacial score (nSPS) is 16.1. The number of nitrogens with zero attached hydrogens (tertiary/aromatic N) is 3. The molecule has 0 fully saturated rings. The lowest BCUT2D eigenvalue weighted by Gasteiger charge is -2.30. The highest BCUT2D eigenvalue weighted by Gasteiger charge is 2.21. The first kappa shape index (κ1) is 19.4. The van der Waals surface area contributed by atoms with Gasteiger partial charge >= 0.3 is 0 Å². The summed E-state index contributed by atoms with van der Waals surface area (Å²) in [5, 5.41) is 12.5. The van der Waals surface area contributed by atoms with Crippen LogP contribution >= 0.6 is 0 Å². The molecular weight excluding hydrogens is 248 g/mol. The fourth-order valence-electron chi connectivity index (χ4n) is 2.70. The monoisotopic (exact) mass is 282 g/mol. The summed E-state index contributed by atoms with van der Waals surface area (Å²) in [5.74, 6) is 0. The SMILES string of the molecule is CCNC(C)(C#N)CCCCN(CC)C(C)CN(C)C. The van der Waals surface area contributed by atoms with Gasteiger partial charge in [-0.15, -0.1) is 0 Å². The minimum atomic E-state index is -0.360. The van der Waals surface area contributed by atoms with E-state index >= 15 is 0 Å². The second kappa shape index (κ2) is 10.1. The maximum absolute atomic E-state index is 9.23. The van der Waals surface area contributed by atoms with E-state index in [0.29, 0.717) is 6.04 Å². The molecule has 1 N–H and O–H groups in total. The number of hydrogen-bond acceptors (Lipinski definition) is 4. The lowest BCUT2D eigenvalue weighted by Crippen LogP contribution is -2.42. The maximum atomic E-state index is 9.23. The summed E-state index contributed by atoms with van der Waals surface area (Å²) in [5.41, 5.74) is -0.360. The molecule has 0 saturated carbocycles. The smallest absolute Gasteiger partial charge is 0.103 e. The number of nitriles is 1.